The predicted octanol–water partition coefficient (Wildman–Crippen LogP) is 2.29. The van der Waals surface area contributed by atoms with Gasteiger partial charge >= 0.3 is 0 Å². The number of nitrogens with one attached hydrogen (secondary N) is 1. The monoisotopic (exact) mass is 227 g/mol. The molecule has 0 spiro atoms. The zero-order chi connectivity index (χ0) is 11.3. The molecule has 15 heavy (non-hydrogen) atoms. The Morgan fingerprint density at radius 1 is 1.40 bits per heavy atom. The highest BCUT2D eigenvalue weighted by molar-refractivity contribution is 7.07. The second-order valence-corrected chi connectivity index (χ2v) is 5.22. The van der Waals surface area contributed by atoms with E-state index in [0.717, 1.165) is 6.42 Å². The summed E-state index contributed by atoms with van der Waals surface area (Å²) >= 11 is 1.74. The highest BCUT2D eigenvalue weighted by Crippen LogP contribution is 2.10. The molecule has 1 unspecified atom stereocenters. The predicted molar refractivity (Wildman–Crippen MR) is 66.3 cm³/mol. The average Bonchev–Trinajstić information content (AvgIpc) is 2.66. The van der Waals surface area contributed by atoms with Crippen LogP contribution in [0.4, 0.5) is 0 Å². The summed E-state index contributed by atoms with van der Waals surface area (Å²) in [6.45, 7) is 6.64. The molecule has 0 aromatic carbocycles. The summed E-state index contributed by atoms with van der Waals surface area (Å²) in [4.78, 5) is 0. The fourth-order valence-corrected chi connectivity index (χ4v) is 2.32. The fraction of sp³-hybridized carbons (Fsp3) is 0.667. The summed E-state index contributed by atoms with van der Waals surface area (Å²) in [5, 5.41) is 17.0. The van der Waals surface area contributed by atoms with Crippen molar-refractivity contribution in [3.05, 3.63) is 22.4 Å². The Morgan fingerprint density at radius 3 is 2.60 bits per heavy atom. The molecule has 0 bridgehead atoms. The molecule has 0 aliphatic heterocycles. The molecular weight excluding hydrogens is 206 g/mol. The van der Waals surface area contributed by atoms with Crippen LogP contribution in [0.5, 0.6) is 0 Å². The van der Waals surface area contributed by atoms with Crippen LogP contribution in [-0.2, 0) is 6.42 Å². The third-order valence-corrected chi connectivity index (χ3v) is 3.35. The van der Waals surface area contributed by atoms with Crippen molar-refractivity contribution < 1.29 is 5.11 Å². The Bertz CT molecular complexity index is 259. The number of aliphatic hydroxyl groups excluding tert-OH is 1. The molecule has 0 amide bonds. The van der Waals surface area contributed by atoms with Gasteiger partial charge in [-0.2, -0.15) is 11.3 Å². The van der Waals surface area contributed by atoms with Crippen molar-refractivity contribution in [2.45, 2.75) is 39.3 Å². The number of rotatable bonds is 6. The van der Waals surface area contributed by atoms with Crippen molar-refractivity contribution in [3.63, 3.8) is 0 Å². The van der Waals surface area contributed by atoms with Crippen LogP contribution in [0.3, 0.4) is 0 Å². The molecule has 2 nitrogen and oxygen atoms in total. The van der Waals surface area contributed by atoms with Crippen molar-refractivity contribution in [1.29, 1.82) is 0 Å². The number of hydrogen-bond acceptors (Lipinski definition) is 3. The molecule has 86 valence electrons. The van der Waals surface area contributed by atoms with Gasteiger partial charge in [0.05, 0.1) is 6.61 Å². The molecule has 1 aromatic rings. The van der Waals surface area contributed by atoms with E-state index >= 15 is 0 Å². The minimum Gasteiger partial charge on any atom is -0.395 e. The minimum absolute atomic E-state index is 0.207. The number of aliphatic hydroxyl groups is 1. The van der Waals surface area contributed by atoms with Crippen molar-refractivity contribution in [1.82, 2.24) is 5.32 Å². The van der Waals surface area contributed by atoms with Crippen LogP contribution in [0.1, 0.15) is 26.3 Å². The third-order valence-electron chi connectivity index (χ3n) is 2.62. The first-order valence-corrected chi connectivity index (χ1v) is 6.45. The Balaban J connectivity index is 2.37. The SMILES string of the molecule is CC(Cc1ccsc1)N[C@H](CO)C(C)C. The number of thiophene rings is 1. The van der Waals surface area contributed by atoms with E-state index < -0.39 is 0 Å². The first kappa shape index (κ1) is 12.7. The molecule has 0 aliphatic rings. The summed E-state index contributed by atoms with van der Waals surface area (Å²) in [6, 6.07) is 2.78. The van der Waals surface area contributed by atoms with Gasteiger partial charge in [0.2, 0.25) is 0 Å². The standard InChI is InChI=1S/C12H21NOS/c1-9(2)12(7-14)13-10(3)6-11-4-5-15-8-11/h4-5,8-10,12-14H,6-7H2,1-3H3/t10?,12-/m1/s1. The van der Waals surface area contributed by atoms with Crippen molar-refractivity contribution in [3.8, 4) is 0 Å². The van der Waals surface area contributed by atoms with Gasteiger partial charge in [-0.05, 0) is 41.7 Å². The molecule has 1 heterocycles. The largest absolute Gasteiger partial charge is 0.395 e. The van der Waals surface area contributed by atoms with E-state index in [9.17, 15) is 5.11 Å². The normalized spacial score (nSPS) is 15.5. The molecule has 0 radical (unpaired) electrons. The molecule has 0 saturated carbocycles. The topological polar surface area (TPSA) is 32.3 Å². The molecule has 2 atom stereocenters. The Kier molecular flexibility index (Phi) is 5.29. The third kappa shape index (κ3) is 4.33. The lowest BCUT2D eigenvalue weighted by Gasteiger charge is -2.24. The van der Waals surface area contributed by atoms with Crippen LogP contribution in [0.15, 0.2) is 16.8 Å². The molecule has 0 fully saturated rings. The zero-order valence-corrected chi connectivity index (χ0v) is 10.6. The molecule has 2 N–H and O–H groups in total. The van der Waals surface area contributed by atoms with E-state index in [4.69, 9.17) is 0 Å². The zero-order valence-electron chi connectivity index (χ0n) is 9.73. The maximum atomic E-state index is 9.21. The molecular formula is C12H21NOS. The quantitative estimate of drug-likeness (QED) is 0.781. The molecule has 1 aromatic heterocycles. The molecule has 0 aliphatic carbocycles. The van der Waals surface area contributed by atoms with Crippen molar-refractivity contribution >= 4 is 11.3 Å². The van der Waals surface area contributed by atoms with Gasteiger partial charge in [0.25, 0.3) is 0 Å². The van der Waals surface area contributed by atoms with Gasteiger partial charge < -0.3 is 10.4 Å². The lowest BCUT2D eigenvalue weighted by atomic mass is 10.0. The summed E-state index contributed by atoms with van der Waals surface area (Å²) < 4.78 is 0. The van der Waals surface area contributed by atoms with Crippen molar-refractivity contribution in [2.24, 2.45) is 5.92 Å². The lowest BCUT2D eigenvalue weighted by Crippen LogP contribution is -2.43. The van der Waals surface area contributed by atoms with Crippen LogP contribution in [0, 0.1) is 5.92 Å². The van der Waals surface area contributed by atoms with Gasteiger partial charge in [0.15, 0.2) is 0 Å². The van der Waals surface area contributed by atoms with E-state index in [1.807, 2.05) is 0 Å². The average molecular weight is 227 g/mol. The highest BCUT2D eigenvalue weighted by atomic mass is 32.1. The van der Waals surface area contributed by atoms with Crippen LogP contribution < -0.4 is 5.32 Å². The Labute approximate surface area is 96.3 Å². The second-order valence-electron chi connectivity index (χ2n) is 4.44. The summed E-state index contributed by atoms with van der Waals surface area (Å²) in [5.74, 6) is 0.472. The number of hydrogen-bond donors (Lipinski definition) is 2. The second kappa shape index (κ2) is 6.26. The Hall–Kier alpha value is -0.380. The maximum absolute atomic E-state index is 9.21. The van der Waals surface area contributed by atoms with Gasteiger partial charge in [-0.1, -0.05) is 13.8 Å². The van der Waals surface area contributed by atoms with Crippen LogP contribution in [0.2, 0.25) is 0 Å². The summed E-state index contributed by atoms with van der Waals surface area (Å²) in [7, 11) is 0. The smallest absolute Gasteiger partial charge is 0.0587 e. The van der Waals surface area contributed by atoms with Crippen LogP contribution >= 0.6 is 11.3 Å². The first-order chi connectivity index (χ1) is 7.13. The van der Waals surface area contributed by atoms with Gasteiger partial charge in [-0.15, -0.1) is 0 Å². The fourth-order valence-electron chi connectivity index (χ4n) is 1.64. The van der Waals surface area contributed by atoms with Gasteiger partial charge in [0, 0.05) is 12.1 Å². The van der Waals surface area contributed by atoms with Gasteiger partial charge in [0.1, 0.15) is 0 Å². The van der Waals surface area contributed by atoms with E-state index in [0.29, 0.717) is 12.0 Å². The van der Waals surface area contributed by atoms with Crippen LogP contribution in [-0.4, -0.2) is 23.8 Å². The van der Waals surface area contributed by atoms with Gasteiger partial charge in [-0.3, -0.25) is 0 Å². The lowest BCUT2D eigenvalue weighted by molar-refractivity contribution is 0.201. The maximum Gasteiger partial charge on any atom is 0.0587 e. The molecule has 0 saturated heterocycles. The molecule has 1 rings (SSSR count). The van der Waals surface area contributed by atoms with Gasteiger partial charge in [-0.25, -0.2) is 0 Å². The van der Waals surface area contributed by atoms with Crippen LogP contribution in [0.25, 0.3) is 0 Å². The van der Waals surface area contributed by atoms with E-state index in [1.54, 1.807) is 11.3 Å². The van der Waals surface area contributed by atoms with E-state index in [2.05, 4.69) is 42.9 Å². The van der Waals surface area contributed by atoms with E-state index in [1.165, 1.54) is 5.56 Å². The summed E-state index contributed by atoms with van der Waals surface area (Å²) in [6.07, 6.45) is 1.03. The Morgan fingerprint density at radius 2 is 2.13 bits per heavy atom. The minimum atomic E-state index is 0.207. The molecule has 3 heteroatoms. The highest BCUT2D eigenvalue weighted by Gasteiger charge is 2.14. The summed E-state index contributed by atoms with van der Waals surface area (Å²) in [5.41, 5.74) is 1.38. The van der Waals surface area contributed by atoms with Crippen molar-refractivity contribution in [2.75, 3.05) is 6.61 Å². The first-order valence-electron chi connectivity index (χ1n) is 5.51. The van der Waals surface area contributed by atoms with E-state index in [-0.39, 0.29) is 12.6 Å².